The number of nitrogens with zero attached hydrogens (tertiary/aromatic N) is 2. The van der Waals surface area contributed by atoms with Crippen LogP contribution in [0, 0.1) is 0 Å². The van der Waals surface area contributed by atoms with Gasteiger partial charge in [0.25, 0.3) is 5.91 Å². The first-order valence-electron chi connectivity index (χ1n) is 6.61. The van der Waals surface area contributed by atoms with Gasteiger partial charge in [0.2, 0.25) is 0 Å². The quantitative estimate of drug-likeness (QED) is 0.626. The molecule has 0 radical (unpaired) electrons. The first-order valence-corrected chi connectivity index (χ1v) is 7.40. The second-order valence-corrected chi connectivity index (χ2v) is 5.61. The van der Waals surface area contributed by atoms with E-state index in [1.54, 1.807) is 23.2 Å². The van der Waals surface area contributed by atoms with Gasteiger partial charge in [-0.15, -0.1) is 0 Å². The minimum Gasteiger partial charge on any atom is -0.469 e. The van der Waals surface area contributed by atoms with Crippen molar-refractivity contribution in [3.8, 4) is 0 Å². The van der Waals surface area contributed by atoms with Crippen LogP contribution in [-0.2, 0) is 9.53 Å². The molecule has 5 nitrogen and oxygen atoms in total. The Bertz CT molecular complexity index is 490. The van der Waals surface area contributed by atoms with E-state index in [1.807, 2.05) is 0 Å². The highest BCUT2D eigenvalue weighted by Crippen LogP contribution is 2.22. The van der Waals surface area contributed by atoms with E-state index in [4.69, 9.17) is 4.74 Å². The second-order valence-electron chi connectivity index (χ2n) is 4.80. The van der Waals surface area contributed by atoms with E-state index in [-0.39, 0.29) is 24.3 Å². The summed E-state index contributed by atoms with van der Waals surface area (Å²) in [6.07, 6.45) is 4.64. The van der Waals surface area contributed by atoms with Gasteiger partial charge in [-0.1, -0.05) is 0 Å². The van der Waals surface area contributed by atoms with Crippen LogP contribution in [0.4, 0.5) is 0 Å². The Labute approximate surface area is 126 Å². The summed E-state index contributed by atoms with van der Waals surface area (Å²) in [5.74, 6) is -0.345. The topological polar surface area (TPSA) is 59.5 Å². The Morgan fingerprint density at radius 2 is 2.25 bits per heavy atom. The summed E-state index contributed by atoms with van der Waals surface area (Å²) in [7, 11) is 1.37. The number of pyridine rings is 1. The second kappa shape index (κ2) is 6.83. The Kier molecular flexibility index (Phi) is 5.11. The number of piperidine rings is 1. The molecule has 1 atom stereocenters. The smallest absolute Gasteiger partial charge is 0.307 e. The van der Waals surface area contributed by atoms with Crippen LogP contribution in [0.2, 0.25) is 0 Å². The van der Waals surface area contributed by atoms with Gasteiger partial charge >= 0.3 is 5.97 Å². The molecule has 0 aliphatic carbocycles. The number of rotatable bonds is 3. The number of methoxy groups -OCH3 is 1. The van der Waals surface area contributed by atoms with Crippen LogP contribution < -0.4 is 0 Å². The Morgan fingerprint density at radius 1 is 1.45 bits per heavy atom. The highest BCUT2D eigenvalue weighted by molar-refractivity contribution is 9.10. The third-order valence-electron chi connectivity index (χ3n) is 3.49. The van der Waals surface area contributed by atoms with Gasteiger partial charge in [-0.2, -0.15) is 0 Å². The Morgan fingerprint density at radius 3 is 2.90 bits per heavy atom. The van der Waals surface area contributed by atoms with E-state index in [0.717, 1.165) is 19.3 Å². The first-order chi connectivity index (χ1) is 9.61. The van der Waals surface area contributed by atoms with Crippen molar-refractivity contribution in [2.75, 3.05) is 13.7 Å². The lowest BCUT2D eigenvalue weighted by atomic mass is 9.98. The van der Waals surface area contributed by atoms with E-state index in [2.05, 4.69) is 20.9 Å². The summed E-state index contributed by atoms with van der Waals surface area (Å²) in [4.78, 5) is 29.8. The molecule has 1 aliphatic heterocycles. The summed E-state index contributed by atoms with van der Waals surface area (Å²) in [6.45, 7) is 0.677. The summed E-state index contributed by atoms with van der Waals surface area (Å²) < 4.78 is 5.40. The molecule has 1 unspecified atom stereocenters. The lowest BCUT2D eigenvalue weighted by Gasteiger charge is -2.35. The molecule has 0 aromatic carbocycles. The van der Waals surface area contributed by atoms with Crippen molar-refractivity contribution < 1.29 is 14.3 Å². The molecular formula is C14H17BrN2O3. The monoisotopic (exact) mass is 340 g/mol. The lowest BCUT2D eigenvalue weighted by molar-refractivity contribution is -0.142. The minimum atomic E-state index is -0.274. The molecule has 6 heteroatoms. The number of halogens is 1. The van der Waals surface area contributed by atoms with Crippen LogP contribution >= 0.6 is 15.9 Å². The molecule has 2 rings (SSSR count). The van der Waals surface area contributed by atoms with Crippen molar-refractivity contribution >= 4 is 27.8 Å². The van der Waals surface area contributed by atoms with Gasteiger partial charge in [-0.3, -0.25) is 9.59 Å². The van der Waals surface area contributed by atoms with E-state index in [0.29, 0.717) is 16.7 Å². The normalized spacial score (nSPS) is 18.7. The summed E-state index contributed by atoms with van der Waals surface area (Å²) in [6, 6.07) is 3.41. The zero-order chi connectivity index (χ0) is 14.5. The molecule has 0 spiro atoms. The maximum absolute atomic E-state index is 12.5. The number of ether oxygens (including phenoxy) is 1. The van der Waals surface area contributed by atoms with Crippen molar-refractivity contribution in [1.29, 1.82) is 0 Å². The number of carbonyl (C=O) groups excluding carboxylic acids is 2. The molecule has 0 N–H and O–H groups in total. The predicted octanol–water partition coefficient (Wildman–Crippen LogP) is 2.40. The molecule has 0 bridgehead atoms. The molecule has 1 fully saturated rings. The maximum Gasteiger partial charge on any atom is 0.307 e. The fraction of sp³-hybridized carbons (Fsp3) is 0.500. The number of amides is 1. The molecule has 1 saturated heterocycles. The lowest BCUT2D eigenvalue weighted by Crippen LogP contribution is -2.44. The van der Waals surface area contributed by atoms with Crippen LogP contribution in [0.25, 0.3) is 0 Å². The third kappa shape index (κ3) is 3.56. The molecular weight excluding hydrogens is 324 g/mol. The first kappa shape index (κ1) is 15.0. The zero-order valence-corrected chi connectivity index (χ0v) is 12.9. The highest BCUT2D eigenvalue weighted by Gasteiger charge is 2.29. The fourth-order valence-electron chi connectivity index (χ4n) is 2.42. The highest BCUT2D eigenvalue weighted by atomic mass is 79.9. The summed E-state index contributed by atoms with van der Waals surface area (Å²) >= 11 is 3.25. The van der Waals surface area contributed by atoms with Gasteiger partial charge in [0.1, 0.15) is 4.60 Å². The van der Waals surface area contributed by atoms with Crippen molar-refractivity contribution in [3.05, 3.63) is 28.5 Å². The summed E-state index contributed by atoms with van der Waals surface area (Å²) in [5, 5.41) is 0. The van der Waals surface area contributed by atoms with E-state index >= 15 is 0 Å². The zero-order valence-electron chi connectivity index (χ0n) is 11.3. The predicted molar refractivity (Wildman–Crippen MR) is 77.2 cm³/mol. The van der Waals surface area contributed by atoms with Gasteiger partial charge in [-0.05, 0) is 47.3 Å². The van der Waals surface area contributed by atoms with Gasteiger partial charge in [-0.25, -0.2) is 4.98 Å². The van der Waals surface area contributed by atoms with E-state index < -0.39 is 0 Å². The number of likely N-dealkylation sites (tertiary alicyclic amines) is 1. The standard InChI is InChI=1S/C14H17BrN2O3/c1-20-13(18)8-11-4-2-3-7-17(11)14(19)10-5-6-12(15)16-9-10/h5-6,9,11H,2-4,7-8H2,1H3. The molecule has 1 aliphatic rings. The van der Waals surface area contributed by atoms with Crippen LogP contribution in [-0.4, -0.2) is 41.5 Å². The van der Waals surface area contributed by atoms with E-state index in [9.17, 15) is 9.59 Å². The molecule has 1 amide bonds. The molecule has 108 valence electrons. The number of hydrogen-bond donors (Lipinski definition) is 0. The Hall–Kier alpha value is -1.43. The Balaban J connectivity index is 2.12. The number of aromatic nitrogens is 1. The van der Waals surface area contributed by atoms with Gasteiger partial charge in [0.15, 0.2) is 0 Å². The molecule has 2 heterocycles. The molecule has 20 heavy (non-hydrogen) atoms. The van der Waals surface area contributed by atoms with Crippen LogP contribution in [0.15, 0.2) is 22.9 Å². The minimum absolute atomic E-state index is 0.0707. The third-order valence-corrected chi connectivity index (χ3v) is 3.96. The van der Waals surface area contributed by atoms with Crippen molar-refractivity contribution in [2.24, 2.45) is 0 Å². The van der Waals surface area contributed by atoms with Crippen LogP contribution in [0.3, 0.4) is 0 Å². The van der Waals surface area contributed by atoms with Crippen LogP contribution in [0.1, 0.15) is 36.0 Å². The number of carbonyl (C=O) groups is 2. The molecule has 1 aromatic heterocycles. The average Bonchev–Trinajstić information content (AvgIpc) is 2.48. The van der Waals surface area contributed by atoms with Gasteiger partial charge in [0.05, 0.1) is 19.1 Å². The molecule has 0 saturated carbocycles. The summed E-state index contributed by atoms with van der Waals surface area (Å²) in [5.41, 5.74) is 0.546. The van der Waals surface area contributed by atoms with Crippen LogP contribution in [0.5, 0.6) is 0 Å². The largest absolute Gasteiger partial charge is 0.469 e. The number of esters is 1. The van der Waals surface area contributed by atoms with Gasteiger partial charge in [0, 0.05) is 18.8 Å². The van der Waals surface area contributed by atoms with Gasteiger partial charge < -0.3 is 9.64 Å². The molecule has 1 aromatic rings. The maximum atomic E-state index is 12.5. The average molecular weight is 341 g/mol. The SMILES string of the molecule is COC(=O)CC1CCCCN1C(=O)c1ccc(Br)nc1. The number of hydrogen-bond acceptors (Lipinski definition) is 4. The van der Waals surface area contributed by atoms with Crippen molar-refractivity contribution in [1.82, 2.24) is 9.88 Å². The van der Waals surface area contributed by atoms with Crippen molar-refractivity contribution in [3.63, 3.8) is 0 Å². The van der Waals surface area contributed by atoms with E-state index in [1.165, 1.54) is 7.11 Å². The van der Waals surface area contributed by atoms with Crippen molar-refractivity contribution in [2.45, 2.75) is 31.7 Å². The fourth-order valence-corrected chi connectivity index (χ4v) is 2.66.